The van der Waals surface area contributed by atoms with E-state index in [0.717, 1.165) is 25.9 Å². The van der Waals surface area contributed by atoms with Crippen molar-refractivity contribution in [3.05, 3.63) is 0 Å². The van der Waals surface area contributed by atoms with Gasteiger partial charge in [0.15, 0.2) is 0 Å². The first-order valence-corrected chi connectivity index (χ1v) is 6.20. The third-order valence-corrected chi connectivity index (χ3v) is 3.32. The van der Waals surface area contributed by atoms with Crippen LogP contribution in [-0.2, 0) is 14.3 Å². The average Bonchev–Trinajstić information content (AvgIpc) is 2.81. The Balaban J connectivity index is 2.08. The van der Waals surface area contributed by atoms with Crippen molar-refractivity contribution in [2.75, 3.05) is 26.9 Å². The van der Waals surface area contributed by atoms with Gasteiger partial charge in [-0.05, 0) is 39.7 Å². The highest BCUT2D eigenvalue weighted by molar-refractivity contribution is 5.78. The number of likely N-dealkylation sites (N-methyl/N-ethyl adjacent to an activating group) is 1. The van der Waals surface area contributed by atoms with Crippen LogP contribution in [-0.4, -0.2) is 49.6 Å². The zero-order chi connectivity index (χ0) is 12.7. The number of aliphatic carboxylic acids is 1. The first-order valence-electron chi connectivity index (χ1n) is 6.20. The Kier molecular flexibility index (Phi) is 5.88. The highest BCUT2D eigenvalue weighted by Crippen LogP contribution is 2.14. The summed E-state index contributed by atoms with van der Waals surface area (Å²) in [6, 6.07) is 0. The second-order valence-corrected chi connectivity index (χ2v) is 4.70. The zero-order valence-electron chi connectivity index (χ0n) is 10.7. The quantitative estimate of drug-likeness (QED) is 0.625. The van der Waals surface area contributed by atoms with Crippen LogP contribution in [0.15, 0.2) is 0 Å². The van der Waals surface area contributed by atoms with Crippen molar-refractivity contribution >= 4 is 5.97 Å². The Morgan fingerprint density at radius 2 is 2.41 bits per heavy atom. The lowest BCUT2D eigenvalue weighted by molar-refractivity contribution is -0.144. The van der Waals surface area contributed by atoms with E-state index in [4.69, 9.17) is 14.6 Å². The van der Waals surface area contributed by atoms with Gasteiger partial charge in [-0.1, -0.05) is 0 Å². The van der Waals surface area contributed by atoms with Gasteiger partial charge < -0.3 is 19.9 Å². The van der Waals surface area contributed by atoms with E-state index < -0.39 is 11.5 Å². The molecule has 5 heteroatoms. The molecule has 0 aliphatic carbocycles. The minimum atomic E-state index is -0.854. The van der Waals surface area contributed by atoms with Crippen LogP contribution in [0.5, 0.6) is 0 Å². The number of carbonyl (C=O) groups is 1. The normalized spacial score (nSPS) is 23.5. The van der Waals surface area contributed by atoms with Crippen LogP contribution < -0.4 is 5.32 Å². The summed E-state index contributed by atoms with van der Waals surface area (Å²) in [4.78, 5) is 11.0. The van der Waals surface area contributed by atoms with Crippen molar-refractivity contribution in [3.63, 3.8) is 0 Å². The zero-order valence-corrected chi connectivity index (χ0v) is 10.7. The summed E-state index contributed by atoms with van der Waals surface area (Å²) >= 11 is 0. The number of carboxylic acids is 1. The number of carboxylic acid groups (broad SMARTS) is 1. The van der Waals surface area contributed by atoms with Crippen molar-refractivity contribution in [1.82, 2.24) is 5.32 Å². The van der Waals surface area contributed by atoms with Gasteiger partial charge in [-0.2, -0.15) is 0 Å². The molecule has 1 aliphatic heterocycles. The Labute approximate surface area is 102 Å². The fraction of sp³-hybridized carbons (Fsp3) is 0.917. The standard InChI is InChI=1S/C12H23NO4/c1-12(13-2,11(14)15)6-4-7-16-9-10-5-3-8-17-10/h10,13H,3-9H2,1-2H3,(H,14,15). The van der Waals surface area contributed by atoms with Crippen LogP contribution in [0.1, 0.15) is 32.6 Å². The molecule has 1 rings (SSSR count). The molecule has 5 nitrogen and oxygen atoms in total. The van der Waals surface area contributed by atoms with E-state index in [1.54, 1.807) is 14.0 Å². The van der Waals surface area contributed by atoms with Crippen molar-refractivity contribution in [1.29, 1.82) is 0 Å². The molecule has 1 heterocycles. The molecule has 0 spiro atoms. The Morgan fingerprint density at radius 1 is 1.65 bits per heavy atom. The summed E-state index contributed by atoms with van der Waals surface area (Å²) in [6.45, 7) is 3.74. The molecule has 2 N–H and O–H groups in total. The maximum absolute atomic E-state index is 11.0. The molecule has 0 aromatic heterocycles. The van der Waals surface area contributed by atoms with E-state index >= 15 is 0 Å². The second kappa shape index (κ2) is 6.93. The monoisotopic (exact) mass is 245 g/mol. The summed E-state index contributed by atoms with van der Waals surface area (Å²) in [6.07, 6.45) is 3.72. The van der Waals surface area contributed by atoms with Crippen LogP contribution in [0.25, 0.3) is 0 Å². The van der Waals surface area contributed by atoms with Crippen molar-refractivity contribution in [3.8, 4) is 0 Å². The second-order valence-electron chi connectivity index (χ2n) is 4.70. The Morgan fingerprint density at radius 3 is 2.94 bits per heavy atom. The summed E-state index contributed by atoms with van der Waals surface area (Å²) in [7, 11) is 1.67. The molecular weight excluding hydrogens is 222 g/mol. The van der Waals surface area contributed by atoms with Gasteiger partial charge >= 0.3 is 5.97 Å². The number of nitrogens with one attached hydrogen (secondary N) is 1. The summed E-state index contributed by atoms with van der Waals surface area (Å²) in [5.41, 5.74) is -0.854. The van der Waals surface area contributed by atoms with Crippen molar-refractivity contribution in [2.45, 2.75) is 44.2 Å². The smallest absolute Gasteiger partial charge is 0.323 e. The number of hydrogen-bond acceptors (Lipinski definition) is 4. The van der Waals surface area contributed by atoms with Gasteiger partial charge in [0.05, 0.1) is 12.7 Å². The first kappa shape index (κ1) is 14.4. The molecule has 0 aromatic carbocycles. The minimum absolute atomic E-state index is 0.241. The predicted molar refractivity (Wildman–Crippen MR) is 64.1 cm³/mol. The molecule has 0 bridgehead atoms. The predicted octanol–water partition coefficient (Wildman–Crippen LogP) is 1.02. The molecule has 100 valence electrons. The topological polar surface area (TPSA) is 67.8 Å². The van der Waals surface area contributed by atoms with Crippen LogP contribution in [0, 0.1) is 0 Å². The molecule has 2 atom stereocenters. The van der Waals surface area contributed by atoms with Crippen LogP contribution in [0.2, 0.25) is 0 Å². The highest BCUT2D eigenvalue weighted by Gasteiger charge is 2.30. The van der Waals surface area contributed by atoms with E-state index in [9.17, 15) is 4.79 Å². The summed E-state index contributed by atoms with van der Waals surface area (Å²) < 4.78 is 10.9. The van der Waals surface area contributed by atoms with Crippen molar-refractivity contribution < 1.29 is 19.4 Å². The maximum atomic E-state index is 11.0. The fourth-order valence-electron chi connectivity index (χ4n) is 1.86. The minimum Gasteiger partial charge on any atom is -0.480 e. The van der Waals surface area contributed by atoms with Crippen LogP contribution >= 0.6 is 0 Å². The molecule has 1 fully saturated rings. The molecule has 0 aromatic rings. The van der Waals surface area contributed by atoms with E-state index in [2.05, 4.69) is 5.32 Å². The molecule has 2 unspecified atom stereocenters. The summed E-state index contributed by atoms with van der Waals surface area (Å²) in [5, 5.41) is 11.9. The lowest BCUT2D eigenvalue weighted by Crippen LogP contribution is -2.47. The molecule has 1 saturated heterocycles. The van der Waals surface area contributed by atoms with Gasteiger partial charge in [-0.15, -0.1) is 0 Å². The van der Waals surface area contributed by atoms with E-state index in [1.165, 1.54) is 0 Å². The van der Waals surface area contributed by atoms with E-state index in [0.29, 0.717) is 19.6 Å². The lowest BCUT2D eigenvalue weighted by atomic mass is 9.96. The maximum Gasteiger partial charge on any atom is 0.323 e. The van der Waals surface area contributed by atoms with Gasteiger partial charge in [0.1, 0.15) is 5.54 Å². The van der Waals surface area contributed by atoms with Crippen LogP contribution in [0.4, 0.5) is 0 Å². The molecule has 0 amide bonds. The van der Waals surface area contributed by atoms with Gasteiger partial charge in [0.2, 0.25) is 0 Å². The van der Waals surface area contributed by atoms with Crippen LogP contribution in [0.3, 0.4) is 0 Å². The third kappa shape index (κ3) is 4.61. The molecular formula is C12H23NO4. The number of ether oxygens (including phenoxy) is 2. The largest absolute Gasteiger partial charge is 0.480 e. The van der Waals surface area contributed by atoms with Gasteiger partial charge in [-0.25, -0.2) is 0 Å². The SMILES string of the molecule is CNC(C)(CCCOCC1CCCO1)C(=O)O. The first-order chi connectivity index (χ1) is 8.08. The highest BCUT2D eigenvalue weighted by atomic mass is 16.5. The van der Waals surface area contributed by atoms with Gasteiger partial charge in [-0.3, -0.25) is 4.79 Å². The molecule has 0 radical (unpaired) electrons. The molecule has 0 saturated carbocycles. The molecule has 1 aliphatic rings. The Hall–Kier alpha value is -0.650. The fourth-order valence-corrected chi connectivity index (χ4v) is 1.86. The van der Waals surface area contributed by atoms with E-state index in [1.807, 2.05) is 0 Å². The Bertz CT molecular complexity index is 241. The average molecular weight is 245 g/mol. The van der Waals surface area contributed by atoms with Gasteiger partial charge in [0, 0.05) is 13.2 Å². The van der Waals surface area contributed by atoms with Crippen molar-refractivity contribution in [2.24, 2.45) is 0 Å². The van der Waals surface area contributed by atoms with E-state index in [-0.39, 0.29) is 6.10 Å². The number of hydrogen-bond donors (Lipinski definition) is 2. The third-order valence-electron chi connectivity index (χ3n) is 3.32. The van der Waals surface area contributed by atoms with Gasteiger partial charge in [0.25, 0.3) is 0 Å². The number of rotatable bonds is 8. The summed E-state index contributed by atoms with van der Waals surface area (Å²) in [5.74, 6) is -0.820. The lowest BCUT2D eigenvalue weighted by Gasteiger charge is -2.24. The molecule has 17 heavy (non-hydrogen) atoms.